The third-order valence-corrected chi connectivity index (χ3v) is 5.92. The lowest BCUT2D eigenvalue weighted by Gasteiger charge is -2.29. The molecule has 0 spiro atoms. The number of amides is 3. The number of nitrogens with one attached hydrogen (secondary N) is 1. The fraction of sp³-hybridized carbons (Fsp3) is 0.600. The molecule has 0 bridgehead atoms. The molecule has 2 atom stereocenters. The zero-order chi connectivity index (χ0) is 19.0. The summed E-state index contributed by atoms with van der Waals surface area (Å²) in [5, 5.41) is 13.2. The van der Waals surface area contributed by atoms with Crippen molar-refractivity contribution in [2.24, 2.45) is 0 Å². The molecule has 1 aliphatic carbocycles. The van der Waals surface area contributed by atoms with Gasteiger partial charge >= 0.3 is 6.03 Å². The molecule has 2 fully saturated rings. The average Bonchev–Trinajstić information content (AvgIpc) is 3.21. The molecule has 146 valence electrons. The first kappa shape index (κ1) is 18.4. The highest BCUT2D eigenvalue weighted by atomic mass is 16.5. The number of carbonyl (C=O) groups excluding carboxylic acids is 2. The normalized spacial score (nSPS) is 27.0. The molecule has 0 radical (unpaired) electrons. The first-order valence-corrected chi connectivity index (χ1v) is 9.72. The highest BCUT2D eigenvalue weighted by molar-refractivity contribution is 6.07. The molecule has 2 saturated heterocycles. The van der Waals surface area contributed by atoms with E-state index in [0.29, 0.717) is 19.8 Å². The molecule has 0 saturated carbocycles. The molecular formula is C20H27N3O4. The van der Waals surface area contributed by atoms with Crippen LogP contribution in [-0.4, -0.2) is 72.3 Å². The van der Waals surface area contributed by atoms with Gasteiger partial charge in [-0.15, -0.1) is 0 Å². The largest absolute Gasteiger partial charge is 0.390 e. The van der Waals surface area contributed by atoms with E-state index in [1.807, 2.05) is 12.1 Å². The van der Waals surface area contributed by atoms with Gasteiger partial charge in [-0.2, -0.15) is 0 Å². The fourth-order valence-electron chi connectivity index (χ4n) is 4.29. The fourth-order valence-corrected chi connectivity index (χ4v) is 4.29. The lowest BCUT2D eigenvalue weighted by atomic mass is 9.89. The number of β-amino-alcohol motifs (C(OH)–C–C–N with tert-alkyl or cyclic N) is 1. The second kappa shape index (κ2) is 7.22. The molecule has 2 aliphatic heterocycles. The lowest BCUT2D eigenvalue weighted by molar-refractivity contribution is -0.132. The van der Waals surface area contributed by atoms with Crippen molar-refractivity contribution < 1.29 is 19.4 Å². The smallest absolute Gasteiger partial charge is 0.325 e. The Bertz CT molecular complexity index is 747. The number of hydrogen-bond acceptors (Lipinski definition) is 5. The summed E-state index contributed by atoms with van der Waals surface area (Å²) in [4.78, 5) is 28.8. The summed E-state index contributed by atoms with van der Waals surface area (Å²) in [5.41, 5.74) is 2.33. The minimum Gasteiger partial charge on any atom is -0.390 e. The van der Waals surface area contributed by atoms with Crippen LogP contribution < -0.4 is 5.32 Å². The molecule has 0 unspecified atom stereocenters. The van der Waals surface area contributed by atoms with Gasteiger partial charge in [-0.3, -0.25) is 14.6 Å². The van der Waals surface area contributed by atoms with E-state index in [2.05, 4.69) is 16.3 Å². The van der Waals surface area contributed by atoms with E-state index in [1.165, 1.54) is 11.1 Å². The Morgan fingerprint density at radius 1 is 1.19 bits per heavy atom. The number of aryl methyl sites for hydroxylation is 2. The van der Waals surface area contributed by atoms with Gasteiger partial charge in [0.1, 0.15) is 5.54 Å². The monoisotopic (exact) mass is 373 g/mol. The van der Waals surface area contributed by atoms with Crippen molar-refractivity contribution in [3.8, 4) is 0 Å². The van der Waals surface area contributed by atoms with Gasteiger partial charge in [-0.25, -0.2) is 4.79 Å². The molecular weight excluding hydrogens is 346 g/mol. The number of aliphatic hydroxyl groups is 1. The van der Waals surface area contributed by atoms with Gasteiger partial charge in [0.2, 0.25) is 0 Å². The number of benzene rings is 1. The van der Waals surface area contributed by atoms with E-state index < -0.39 is 17.7 Å². The third-order valence-electron chi connectivity index (χ3n) is 5.92. The van der Waals surface area contributed by atoms with Crippen molar-refractivity contribution in [2.75, 3.05) is 39.4 Å². The predicted octanol–water partition coefficient (Wildman–Crippen LogP) is 0.635. The van der Waals surface area contributed by atoms with Crippen LogP contribution in [0.1, 0.15) is 30.0 Å². The van der Waals surface area contributed by atoms with E-state index in [-0.39, 0.29) is 12.5 Å². The quantitative estimate of drug-likeness (QED) is 0.740. The maximum Gasteiger partial charge on any atom is 0.325 e. The van der Waals surface area contributed by atoms with Crippen molar-refractivity contribution in [2.45, 2.75) is 37.8 Å². The highest BCUT2D eigenvalue weighted by Crippen LogP contribution is 2.32. The van der Waals surface area contributed by atoms with Crippen LogP contribution in [0.4, 0.5) is 4.79 Å². The number of imide groups is 1. The molecule has 0 aromatic heterocycles. The van der Waals surface area contributed by atoms with Crippen LogP contribution in [0.15, 0.2) is 18.2 Å². The third kappa shape index (κ3) is 3.47. The van der Waals surface area contributed by atoms with E-state index in [9.17, 15) is 14.7 Å². The van der Waals surface area contributed by atoms with Gasteiger partial charge in [0.15, 0.2) is 0 Å². The second-order valence-electron chi connectivity index (χ2n) is 7.87. The SMILES string of the molecule is C[C@]1(c2ccc3c(c2)CCC3)NC(=O)N(C[C@H](O)CN2CCOCC2)C1=O. The molecule has 3 aliphatic rings. The summed E-state index contributed by atoms with van der Waals surface area (Å²) >= 11 is 0. The van der Waals surface area contributed by atoms with Crippen LogP contribution in [0.3, 0.4) is 0 Å². The Labute approximate surface area is 159 Å². The zero-order valence-electron chi connectivity index (χ0n) is 15.7. The van der Waals surface area contributed by atoms with Crippen LogP contribution >= 0.6 is 0 Å². The number of rotatable bonds is 5. The number of carbonyl (C=O) groups is 2. The van der Waals surface area contributed by atoms with E-state index in [0.717, 1.165) is 42.8 Å². The lowest BCUT2D eigenvalue weighted by Crippen LogP contribution is -2.46. The summed E-state index contributed by atoms with van der Waals surface area (Å²) < 4.78 is 5.30. The number of ether oxygens (including phenoxy) is 1. The topological polar surface area (TPSA) is 82.1 Å². The molecule has 1 aromatic carbocycles. The number of urea groups is 1. The predicted molar refractivity (Wildman–Crippen MR) is 99.3 cm³/mol. The first-order chi connectivity index (χ1) is 13.0. The Hall–Kier alpha value is -1.96. The minimum atomic E-state index is -1.08. The van der Waals surface area contributed by atoms with Crippen LogP contribution in [0.25, 0.3) is 0 Å². The van der Waals surface area contributed by atoms with E-state index in [1.54, 1.807) is 6.92 Å². The number of aliphatic hydroxyl groups excluding tert-OH is 1. The van der Waals surface area contributed by atoms with Crippen molar-refractivity contribution in [3.63, 3.8) is 0 Å². The second-order valence-corrected chi connectivity index (χ2v) is 7.87. The standard InChI is InChI=1S/C20H27N3O4/c1-20(16-6-5-14-3-2-4-15(14)11-16)18(25)23(19(26)21-20)13-17(24)12-22-7-9-27-10-8-22/h5-6,11,17,24H,2-4,7-10,12-13H2,1H3,(H,21,26)/t17-,20-/m1/s1. The highest BCUT2D eigenvalue weighted by Gasteiger charge is 2.49. The minimum absolute atomic E-state index is 0.00253. The number of fused-ring (bicyclic) bond motifs is 1. The molecule has 2 heterocycles. The van der Waals surface area contributed by atoms with Crippen LogP contribution in [-0.2, 0) is 27.9 Å². The maximum atomic E-state index is 13.1. The molecule has 7 nitrogen and oxygen atoms in total. The van der Waals surface area contributed by atoms with Gasteiger partial charge < -0.3 is 15.2 Å². The molecule has 7 heteroatoms. The summed E-state index contributed by atoms with van der Waals surface area (Å²) in [7, 11) is 0. The summed E-state index contributed by atoms with van der Waals surface area (Å²) in [6.07, 6.45) is 2.45. The Balaban J connectivity index is 1.46. The van der Waals surface area contributed by atoms with E-state index >= 15 is 0 Å². The van der Waals surface area contributed by atoms with E-state index in [4.69, 9.17) is 4.74 Å². The van der Waals surface area contributed by atoms with Crippen LogP contribution in [0.2, 0.25) is 0 Å². The van der Waals surface area contributed by atoms with Gasteiger partial charge in [-0.1, -0.05) is 18.2 Å². The van der Waals surface area contributed by atoms with Gasteiger partial charge in [0.05, 0.1) is 25.9 Å². The van der Waals surface area contributed by atoms with Crippen molar-refractivity contribution in [3.05, 3.63) is 34.9 Å². The Kier molecular flexibility index (Phi) is 4.92. The van der Waals surface area contributed by atoms with Gasteiger partial charge in [-0.05, 0) is 42.9 Å². The summed E-state index contributed by atoms with van der Waals surface area (Å²) in [6, 6.07) is 5.62. The van der Waals surface area contributed by atoms with Gasteiger partial charge in [0.25, 0.3) is 5.91 Å². The molecule has 1 aromatic rings. The van der Waals surface area contributed by atoms with Crippen LogP contribution in [0.5, 0.6) is 0 Å². The zero-order valence-corrected chi connectivity index (χ0v) is 15.7. The first-order valence-electron chi connectivity index (χ1n) is 9.72. The number of hydrogen-bond donors (Lipinski definition) is 2. The number of morpholine rings is 1. The molecule has 2 N–H and O–H groups in total. The van der Waals surface area contributed by atoms with Crippen molar-refractivity contribution in [1.82, 2.24) is 15.1 Å². The van der Waals surface area contributed by atoms with Crippen molar-refractivity contribution >= 4 is 11.9 Å². The Morgan fingerprint density at radius 3 is 2.70 bits per heavy atom. The molecule has 27 heavy (non-hydrogen) atoms. The Morgan fingerprint density at radius 2 is 1.93 bits per heavy atom. The average molecular weight is 373 g/mol. The molecule has 3 amide bonds. The van der Waals surface area contributed by atoms with Crippen LogP contribution in [0, 0.1) is 0 Å². The number of nitrogens with zero attached hydrogens (tertiary/aromatic N) is 2. The van der Waals surface area contributed by atoms with Crippen molar-refractivity contribution in [1.29, 1.82) is 0 Å². The van der Waals surface area contributed by atoms with Gasteiger partial charge in [0, 0.05) is 19.6 Å². The molecule has 4 rings (SSSR count). The summed E-state index contributed by atoms with van der Waals surface area (Å²) in [5.74, 6) is -0.300. The maximum absolute atomic E-state index is 13.1. The summed E-state index contributed by atoms with van der Waals surface area (Å²) in [6.45, 7) is 4.98.